The number of allylic oxidation sites excluding steroid dienone is 2. The molecule has 23 heavy (non-hydrogen) atoms. The molecule has 2 atom stereocenters. The van der Waals surface area contributed by atoms with E-state index in [0.29, 0.717) is 11.8 Å². The zero-order valence-corrected chi connectivity index (χ0v) is 13.7. The number of hydrogen-bond donors (Lipinski definition) is 1. The highest BCUT2D eigenvalue weighted by Gasteiger charge is 2.41. The Morgan fingerprint density at radius 2 is 2.13 bits per heavy atom. The minimum absolute atomic E-state index is 0.0322. The Labute approximate surface area is 137 Å². The van der Waals surface area contributed by atoms with Gasteiger partial charge in [-0.2, -0.15) is 0 Å². The summed E-state index contributed by atoms with van der Waals surface area (Å²) in [5.41, 5.74) is 4.82. The molecule has 118 valence electrons. The summed E-state index contributed by atoms with van der Waals surface area (Å²) in [4.78, 5) is 17.4. The van der Waals surface area contributed by atoms with Gasteiger partial charge in [-0.3, -0.25) is 9.79 Å². The average molecular weight is 306 g/mol. The first-order valence-corrected chi connectivity index (χ1v) is 8.35. The number of fused-ring (bicyclic) bond motifs is 3. The maximum Gasteiger partial charge on any atom is 0.256 e. The van der Waals surface area contributed by atoms with Crippen molar-refractivity contribution in [3.8, 4) is 0 Å². The number of para-hydroxylation sites is 1. The van der Waals surface area contributed by atoms with Gasteiger partial charge in [0.15, 0.2) is 0 Å². The summed E-state index contributed by atoms with van der Waals surface area (Å²) in [5, 5.41) is 2.94. The lowest BCUT2D eigenvalue weighted by molar-refractivity contribution is -0.110. The topological polar surface area (TPSA) is 41.5 Å². The van der Waals surface area contributed by atoms with Gasteiger partial charge in [0.25, 0.3) is 5.91 Å². The highest BCUT2D eigenvalue weighted by Crippen LogP contribution is 2.45. The van der Waals surface area contributed by atoms with Crippen LogP contribution < -0.4 is 5.32 Å². The van der Waals surface area contributed by atoms with Crippen molar-refractivity contribution in [1.82, 2.24) is 0 Å². The minimum Gasteiger partial charge on any atom is -0.321 e. The van der Waals surface area contributed by atoms with Crippen LogP contribution in [0.4, 0.5) is 5.69 Å². The number of aliphatic imine (C=N–C) groups is 1. The second-order valence-corrected chi connectivity index (χ2v) is 7.43. The molecule has 1 amide bonds. The lowest BCUT2D eigenvalue weighted by Crippen LogP contribution is -2.42. The first-order chi connectivity index (χ1) is 11.0. The van der Waals surface area contributed by atoms with Gasteiger partial charge in [-0.1, -0.05) is 30.4 Å². The van der Waals surface area contributed by atoms with Crippen molar-refractivity contribution in [2.24, 2.45) is 16.8 Å². The third-order valence-corrected chi connectivity index (χ3v) is 5.60. The maximum absolute atomic E-state index is 12.4. The highest BCUT2D eigenvalue weighted by molar-refractivity contribution is 6.34. The first-order valence-electron chi connectivity index (χ1n) is 8.35. The van der Waals surface area contributed by atoms with E-state index in [4.69, 9.17) is 4.99 Å². The molecule has 4 rings (SSSR count). The van der Waals surface area contributed by atoms with Crippen LogP contribution in [0.1, 0.15) is 38.7 Å². The summed E-state index contributed by atoms with van der Waals surface area (Å²) < 4.78 is 0. The smallest absolute Gasteiger partial charge is 0.256 e. The fourth-order valence-corrected chi connectivity index (χ4v) is 4.14. The van der Waals surface area contributed by atoms with E-state index < -0.39 is 0 Å². The predicted octanol–water partition coefficient (Wildman–Crippen LogP) is 4.23. The summed E-state index contributed by atoms with van der Waals surface area (Å²) in [6.45, 7) is 8.68. The van der Waals surface area contributed by atoms with Crippen molar-refractivity contribution in [3.63, 3.8) is 0 Å². The Morgan fingerprint density at radius 1 is 1.35 bits per heavy atom. The summed E-state index contributed by atoms with van der Waals surface area (Å²) in [6, 6.07) is 7.84. The lowest BCUT2D eigenvalue weighted by atomic mass is 9.66. The van der Waals surface area contributed by atoms with Gasteiger partial charge >= 0.3 is 0 Å². The third kappa shape index (κ3) is 2.26. The summed E-state index contributed by atoms with van der Waals surface area (Å²) in [6.07, 6.45) is 5.36. The summed E-state index contributed by atoms with van der Waals surface area (Å²) >= 11 is 0. The number of anilines is 1. The molecule has 0 aromatic heterocycles. The number of hydrogen-bond acceptors (Lipinski definition) is 2. The first kappa shape index (κ1) is 14.4. The maximum atomic E-state index is 12.4. The Morgan fingerprint density at radius 3 is 2.96 bits per heavy atom. The van der Waals surface area contributed by atoms with E-state index in [9.17, 15) is 4.79 Å². The van der Waals surface area contributed by atoms with E-state index >= 15 is 0 Å². The Hall–Kier alpha value is -2.16. The molecule has 1 aliphatic carbocycles. The summed E-state index contributed by atoms with van der Waals surface area (Å²) in [7, 11) is 0. The molecule has 2 aliphatic heterocycles. The van der Waals surface area contributed by atoms with Gasteiger partial charge in [0.1, 0.15) is 0 Å². The van der Waals surface area contributed by atoms with E-state index in [1.807, 2.05) is 30.3 Å². The molecule has 1 fully saturated rings. The number of benzene rings is 1. The quantitative estimate of drug-likeness (QED) is 0.612. The molecule has 3 nitrogen and oxygen atoms in total. The zero-order valence-electron chi connectivity index (χ0n) is 13.7. The van der Waals surface area contributed by atoms with Crippen molar-refractivity contribution < 1.29 is 4.79 Å². The molecule has 1 aromatic carbocycles. The van der Waals surface area contributed by atoms with E-state index in [2.05, 4.69) is 25.7 Å². The van der Waals surface area contributed by atoms with Crippen LogP contribution in [0.5, 0.6) is 0 Å². The fraction of sp³-hybridized carbons (Fsp3) is 0.400. The zero-order chi connectivity index (χ0) is 16.2. The Kier molecular flexibility index (Phi) is 3.09. The van der Waals surface area contributed by atoms with E-state index in [1.54, 1.807) is 0 Å². The molecular formula is C20H22N2O. The molecule has 0 saturated heterocycles. The molecule has 3 aliphatic rings. The van der Waals surface area contributed by atoms with Crippen molar-refractivity contribution >= 4 is 22.9 Å². The van der Waals surface area contributed by atoms with Crippen LogP contribution in [0.2, 0.25) is 0 Å². The number of carbonyl (C=O) groups excluding carboxylic acids is 1. The molecule has 2 heterocycles. The van der Waals surface area contributed by atoms with Crippen molar-refractivity contribution in [3.05, 3.63) is 48.1 Å². The summed E-state index contributed by atoms with van der Waals surface area (Å²) in [5.74, 6) is 0.884. The second kappa shape index (κ2) is 4.92. The van der Waals surface area contributed by atoms with Crippen LogP contribution in [0, 0.1) is 11.8 Å². The van der Waals surface area contributed by atoms with Gasteiger partial charge in [-0.15, -0.1) is 0 Å². The molecule has 1 saturated carbocycles. The lowest BCUT2D eigenvalue weighted by Gasteiger charge is -2.44. The van der Waals surface area contributed by atoms with Crippen LogP contribution in [0.15, 0.2) is 47.5 Å². The van der Waals surface area contributed by atoms with Gasteiger partial charge in [0.2, 0.25) is 0 Å². The predicted molar refractivity (Wildman–Crippen MR) is 94.5 cm³/mol. The van der Waals surface area contributed by atoms with Crippen molar-refractivity contribution in [2.75, 3.05) is 5.32 Å². The van der Waals surface area contributed by atoms with Gasteiger partial charge in [0.05, 0.1) is 11.1 Å². The van der Waals surface area contributed by atoms with Crippen LogP contribution >= 0.6 is 0 Å². The average Bonchev–Trinajstić information content (AvgIpc) is 2.82. The molecule has 1 aromatic rings. The van der Waals surface area contributed by atoms with Crippen LogP contribution in [-0.2, 0) is 4.79 Å². The van der Waals surface area contributed by atoms with E-state index in [0.717, 1.165) is 35.4 Å². The van der Waals surface area contributed by atoms with Gasteiger partial charge in [0, 0.05) is 22.9 Å². The fourth-order valence-electron chi connectivity index (χ4n) is 4.14. The SMILES string of the molecule is C=C1CCC2C[C@H]1C(C=C1C(=O)Nc3ccccc31)=NC2(C)C. The molecular weight excluding hydrogens is 284 g/mol. The molecule has 0 radical (unpaired) electrons. The van der Waals surface area contributed by atoms with Crippen molar-refractivity contribution in [2.45, 2.75) is 38.6 Å². The van der Waals surface area contributed by atoms with E-state index in [1.165, 1.54) is 12.0 Å². The number of carbonyl (C=O) groups is 1. The molecule has 3 heteroatoms. The monoisotopic (exact) mass is 306 g/mol. The largest absolute Gasteiger partial charge is 0.321 e. The normalized spacial score (nSPS) is 30.0. The third-order valence-electron chi connectivity index (χ3n) is 5.60. The molecule has 1 unspecified atom stereocenters. The van der Waals surface area contributed by atoms with Crippen molar-refractivity contribution in [1.29, 1.82) is 0 Å². The molecule has 1 N–H and O–H groups in total. The number of rotatable bonds is 1. The standard InChI is InChI=1S/C20H22N2O/c1-12-8-9-13-10-15(12)18(22-20(13,2)3)11-16-14-6-4-5-7-17(14)21-19(16)23/h4-7,11,13,15H,1,8-10H2,2-3H3,(H,21,23)/t13?,15-/m1/s1. The Balaban J connectivity index is 1.81. The minimum atomic E-state index is -0.0573. The van der Waals surface area contributed by atoms with Gasteiger partial charge in [-0.05, 0) is 51.2 Å². The van der Waals surface area contributed by atoms with Crippen LogP contribution in [0.3, 0.4) is 0 Å². The number of nitrogens with one attached hydrogen (secondary N) is 1. The number of amides is 1. The molecule has 0 spiro atoms. The molecule has 2 bridgehead atoms. The van der Waals surface area contributed by atoms with Crippen LogP contribution in [-0.4, -0.2) is 17.2 Å². The van der Waals surface area contributed by atoms with E-state index in [-0.39, 0.29) is 11.4 Å². The second-order valence-electron chi connectivity index (χ2n) is 7.43. The highest BCUT2D eigenvalue weighted by atomic mass is 16.2. The number of nitrogens with zero attached hydrogens (tertiary/aromatic N) is 1. The van der Waals surface area contributed by atoms with Gasteiger partial charge in [-0.25, -0.2) is 0 Å². The Bertz CT molecular complexity index is 770. The van der Waals surface area contributed by atoms with Crippen LogP contribution in [0.25, 0.3) is 5.57 Å². The van der Waals surface area contributed by atoms with Gasteiger partial charge < -0.3 is 5.32 Å².